The Morgan fingerprint density at radius 1 is 1.32 bits per heavy atom. The Morgan fingerprint density at radius 3 is 2.68 bits per heavy atom. The Bertz CT molecular complexity index is 405. The highest BCUT2D eigenvalue weighted by molar-refractivity contribution is 5.37. The zero-order valence-electron chi connectivity index (χ0n) is 11.9. The Hall–Kier alpha value is -1.10. The Kier molecular flexibility index (Phi) is 5.19. The smallest absolute Gasteiger partial charge is 0.123 e. The Balaban J connectivity index is 2.03. The van der Waals surface area contributed by atoms with E-state index >= 15 is 0 Å². The summed E-state index contributed by atoms with van der Waals surface area (Å²) in [5.74, 6) is 0.876. The molecule has 4 nitrogen and oxygen atoms in total. The van der Waals surface area contributed by atoms with E-state index in [4.69, 9.17) is 15.2 Å². The van der Waals surface area contributed by atoms with Crippen LogP contribution < -0.4 is 10.5 Å². The van der Waals surface area contributed by atoms with Crippen LogP contribution in [0.15, 0.2) is 18.2 Å². The van der Waals surface area contributed by atoms with Gasteiger partial charge >= 0.3 is 0 Å². The molecule has 0 atom stereocenters. The van der Waals surface area contributed by atoms with Crippen molar-refractivity contribution in [2.45, 2.75) is 32.0 Å². The van der Waals surface area contributed by atoms with Crippen LogP contribution in [0.2, 0.25) is 0 Å². The molecule has 1 aromatic rings. The van der Waals surface area contributed by atoms with Crippen LogP contribution in [0.1, 0.15) is 24.0 Å². The largest absolute Gasteiger partial charge is 0.496 e. The van der Waals surface area contributed by atoms with Crippen molar-refractivity contribution in [1.29, 1.82) is 0 Å². The van der Waals surface area contributed by atoms with Gasteiger partial charge in [-0.25, -0.2) is 0 Å². The van der Waals surface area contributed by atoms with Crippen LogP contribution in [0.5, 0.6) is 5.75 Å². The zero-order chi connectivity index (χ0) is 13.7. The summed E-state index contributed by atoms with van der Waals surface area (Å²) in [4.78, 5) is 2.49. The Labute approximate surface area is 115 Å². The molecule has 1 aromatic carbocycles. The van der Waals surface area contributed by atoms with Gasteiger partial charge in [0.05, 0.1) is 13.7 Å². The lowest BCUT2D eigenvalue weighted by Crippen LogP contribution is -2.29. The maximum absolute atomic E-state index is 5.76. The number of methoxy groups -OCH3 is 2. The van der Waals surface area contributed by atoms with E-state index in [1.807, 2.05) is 6.07 Å². The number of ether oxygens (including phenoxy) is 2. The number of hydrogen-bond acceptors (Lipinski definition) is 4. The lowest BCUT2D eigenvalue weighted by molar-refractivity contribution is 0.139. The van der Waals surface area contributed by atoms with Gasteiger partial charge in [0.1, 0.15) is 5.75 Å². The highest BCUT2D eigenvalue weighted by atomic mass is 16.5. The van der Waals surface area contributed by atoms with Crippen LogP contribution in [0, 0.1) is 0 Å². The number of benzene rings is 1. The second kappa shape index (κ2) is 6.89. The monoisotopic (exact) mass is 264 g/mol. The first-order valence-corrected chi connectivity index (χ1v) is 6.87. The highest BCUT2D eigenvalue weighted by Gasteiger charge is 2.28. The van der Waals surface area contributed by atoms with E-state index in [0.717, 1.165) is 37.1 Å². The molecule has 19 heavy (non-hydrogen) atoms. The van der Waals surface area contributed by atoms with Crippen molar-refractivity contribution in [2.75, 3.05) is 27.4 Å². The molecule has 0 heterocycles. The van der Waals surface area contributed by atoms with Crippen LogP contribution in [-0.4, -0.2) is 38.3 Å². The topological polar surface area (TPSA) is 47.7 Å². The van der Waals surface area contributed by atoms with Crippen molar-refractivity contribution in [2.24, 2.45) is 5.73 Å². The molecule has 1 saturated carbocycles. The van der Waals surface area contributed by atoms with Crippen LogP contribution in [0.4, 0.5) is 0 Å². The van der Waals surface area contributed by atoms with Gasteiger partial charge in [-0.1, -0.05) is 6.07 Å². The molecule has 0 spiro atoms. The molecule has 1 fully saturated rings. The summed E-state index contributed by atoms with van der Waals surface area (Å²) >= 11 is 0. The molecule has 0 bridgehead atoms. The number of nitrogens with two attached hydrogens (primary N) is 1. The molecular formula is C15H24N2O2. The van der Waals surface area contributed by atoms with Gasteiger partial charge in [-0.15, -0.1) is 0 Å². The van der Waals surface area contributed by atoms with Crippen LogP contribution in [-0.2, 0) is 17.8 Å². The van der Waals surface area contributed by atoms with Crippen LogP contribution in [0.3, 0.4) is 0 Å². The quantitative estimate of drug-likeness (QED) is 0.777. The standard InChI is InChI=1S/C15H24N2O2/c1-18-8-7-17(14-4-5-14)11-12-3-6-15(19-2)13(9-12)10-16/h3,6,9,14H,4-5,7-8,10-11,16H2,1-2H3. The molecule has 0 amide bonds. The highest BCUT2D eigenvalue weighted by Crippen LogP contribution is 2.29. The third kappa shape index (κ3) is 3.93. The number of nitrogens with zero attached hydrogens (tertiary/aromatic N) is 1. The van der Waals surface area contributed by atoms with Crippen molar-refractivity contribution in [3.8, 4) is 5.75 Å². The normalized spacial score (nSPS) is 14.9. The molecule has 2 rings (SSSR count). The molecular weight excluding hydrogens is 240 g/mol. The minimum atomic E-state index is 0.512. The van der Waals surface area contributed by atoms with Crippen molar-refractivity contribution >= 4 is 0 Å². The van der Waals surface area contributed by atoms with E-state index in [1.165, 1.54) is 18.4 Å². The predicted molar refractivity (Wildman–Crippen MR) is 76.2 cm³/mol. The fraction of sp³-hybridized carbons (Fsp3) is 0.600. The van der Waals surface area contributed by atoms with Crippen molar-refractivity contribution in [3.05, 3.63) is 29.3 Å². The summed E-state index contributed by atoms with van der Waals surface area (Å²) in [6, 6.07) is 7.03. The minimum Gasteiger partial charge on any atom is -0.496 e. The van der Waals surface area contributed by atoms with E-state index in [2.05, 4.69) is 17.0 Å². The van der Waals surface area contributed by atoms with E-state index in [1.54, 1.807) is 14.2 Å². The van der Waals surface area contributed by atoms with Gasteiger partial charge in [-0.3, -0.25) is 4.90 Å². The van der Waals surface area contributed by atoms with E-state index in [-0.39, 0.29) is 0 Å². The third-order valence-electron chi connectivity index (χ3n) is 3.60. The molecule has 0 aromatic heterocycles. The van der Waals surface area contributed by atoms with E-state index < -0.39 is 0 Å². The minimum absolute atomic E-state index is 0.512. The third-order valence-corrected chi connectivity index (χ3v) is 3.60. The number of hydrogen-bond donors (Lipinski definition) is 1. The SMILES string of the molecule is COCCN(Cc1ccc(OC)c(CN)c1)C1CC1. The van der Waals surface area contributed by atoms with Gasteiger partial charge in [0.25, 0.3) is 0 Å². The van der Waals surface area contributed by atoms with Gasteiger partial charge in [0, 0.05) is 38.3 Å². The molecule has 1 aliphatic rings. The second-order valence-electron chi connectivity index (χ2n) is 5.04. The molecule has 4 heteroatoms. The van der Waals surface area contributed by atoms with Crippen LogP contribution >= 0.6 is 0 Å². The van der Waals surface area contributed by atoms with Gasteiger partial charge in [0.2, 0.25) is 0 Å². The molecule has 2 N–H and O–H groups in total. The maximum Gasteiger partial charge on any atom is 0.123 e. The number of rotatable bonds is 8. The summed E-state index contributed by atoms with van der Waals surface area (Å²) in [7, 11) is 3.44. The molecule has 1 aliphatic carbocycles. The fourth-order valence-corrected chi connectivity index (χ4v) is 2.36. The van der Waals surface area contributed by atoms with Crippen LogP contribution in [0.25, 0.3) is 0 Å². The van der Waals surface area contributed by atoms with Gasteiger partial charge < -0.3 is 15.2 Å². The average Bonchev–Trinajstić information content (AvgIpc) is 3.27. The molecule has 0 saturated heterocycles. The lowest BCUT2D eigenvalue weighted by Gasteiger charge is -2.22. The van der Waals surface area contributed by atoms with Gasteiger partial charge in [-0.05, 0) is 30.5 Å². The summed E-state index contributed by atoms with van der Waals surface area (Å²) in [6.07, 6.45) is 2.62. The predicted octanol–water partition coefficient (Wildman–Crippen LogP) is 1.76. The lowest BCUT2D eigenvalue weighted by atomic mass is 10.1. The molecule has 0 aliphatic heterocycles. The average molecular weight is 264 g/mol. The molecule has 0 radical (unpaired) electrons. The second-order valence-corrected chi connectivity index (χ2v) is 5.04. The maximum atomic E-state index is 5.76. The first-order chi connectivity index (χ1) is 9.28. The molecule has 106 valence electrons. The van der Waals surface area contributed by atoms with Gasteiger partial charge in [0.15, 0.2) is 0 Å². The first-order valence-electron chi connectivity index (χ1n) is 6.87. The zero-order valence-corrected chi connectivity index (χ0v) is 11.9. The van der Waals surface area contributed by atoms with Crippen molar-refractivity contribution < 1.29 is 9.47 Å². The summed E-state index contributed by atoms with van der Waals surface area (Å²) < 4.78 is 10.5. The summed E-state index contributed by atoms with van der Waals surface area (Å²) in [5, 5.41) is 0. The van der Waals surface area contributed by atoms with E-state index in [9.17, 15) is 0 Å². The molecule has 0 unspecified atom stereocenters. The summed E-state index contributed by atoms with van der Waals surface area (Å²) in [6.45, 7) is 3.26. The fourth-order valence-electron chi connectivity index (χ4n) is 2.36. The first kappa shape index (κ1) is 14.3. The Morgan fingerprint density at radius 2 is 2.11 bits per heavy atom. The van der Waals surface area contributed by atoms with Crippen molar-refractivity contribution in [3.63, 3.8) is 0 Å². The van der Waals surface area contributed by atoms with Crippen molar-refractivity contribution in [1.82, 2.24) is 4.90 Å². The summed E-state index contributed by atoms with van der Waals surface area (Å²) in [5.41, 5.74) is 8.13. The van der Waals surface area contributed by atoms with Gasteiger partial charge in [-0.2, -0.15) is 0 Å². The van der Waals surface area contributed by atoms with E-state index in [0.29, 0.717) is 6.54 Å².